The van der Waals surface area contributed by atoms with E-state index in [9.17, 15) is 20.1 Å². The van der Waals surface area contributed by atoms with Crippen LogP contribution in [0.4, 0.5) is 0 Å². The van der Waals surface area contributed by atoms with E-state index < -0.39 is 36.5 Å². The van der Waals surface area contributed by atoms with Crippen LogP contribution in [0.1, 0.15) is 10.4 Å². The highest BCUT2D eigenvalue weighted by Gasteiger charge is 2.57. The SMILES string of the molecule is O=C(c1ccccc1)[C@]1(O)O[C@H](CO)[C@@H](O)[C@H]1O. The van der Waals surface area contributed by atoms with Gasteiger partial charge in [0.05, 0.1) is 6.61 Å². The molecule has 2 rings (SSSR count). The average molecular weight is 254 g/mol. The van der Waals surface area contributed by atoms with E-state index in [0.717, 1.165) is 0 Å². The Kier molecular flexibility index (Phi) is 3.47. The number of Topliss-reactive ketones (excluding diaryl/α,β-unsaturated/α-hetero) is 1. The molecule has 18 heavy (non-hydrogen) atoms. The third-order valence-corrected chi connectivity index (χ3v) is 2.98. The summed E-state index contributed by atoms with van der Waals surface area (Å²) < 4.78 is 4.89. The van der Waals surface area contributed by atoms with Crippen molar-refractivity contribution in [3.05, 3.63) is 35.9 Å². The first-order valence-corrected chi connectivity index (χ1v) is 5.47. The predicted molar refractivity (Wildman–Crippen MR) is 59.7 cm³/mol. The number of benzene rings is 1. The van der Waals surface area contributed by atoms with E-state index in [1.54, 1.807) is 18.2 Å². The molecule has 1 heterocycles. The van der Waals surface area contributed by atoms with E-state index in [2.05, 4.69) is 0 Å². The van der Waals surface area contributed by atoms with Gasteiger partial charge in [-0.3, -0.25) is 4.79 Å². The molecule has 6 heteroatoms. The van der Waals surface area contributed by atoms with Crippen LogP contribution in [0.5, 0.6) is 0 Å². The number of aliphatic hydroxyl groups excluding tert-OH is 3. The first-order chi connectivity index (χ1) is 8.50. The second-order valence-electron chi connectivity index (χ2n) is 4.17. The highest BCUT2D eigenvalue weighted by molar-refractivity contribution is 6.02. The van der Waals surface area contributed by atoms with Crippen LogP contribution >= 0.6 is 0 Å². The Morgan fingerprint density at radius 1 is 1.28 bits per heavy atom. The van der Waals surface area contributed by atoms with Gasteiger partial charge in [0.1, 0.15) is 18.3 Å². The van der Waals surface area contributed by atoms with Gasteiger partial charge in [0, 0.05) is 5.56 Å². The monoisotopic (exact) mass is 254 g/mol. The van der Waals surface area contributed by atoms with Crippen LogP contribution < -0.4 is 0 Å². The van der Waals surface area contributed by atoms with Gasteiger partial charge in [-0.15, -0.1) is 0 Å². The van der Waals surface area contributed by atoms with Crippen molar-refractivity contribution in [1.29, 1.82) is 0 Å². The molecule has 1 aliphatic heterocycles. The van der Waals surface area contributed by atoms with Gasteiger partial charge in [-0.25, -0.2) is 0 Å². The molecule has 1 saturated heterocycles. The summed E-state index contributed by atoms with van der Waals surface area (Å²) in [5.74, 6) is -3.39. The molecule has 1 aromatic rings. The quantitative estimate of drug-likeness (QED) is 0.498. The lowest BCUT2D eigenvalue weighted by molar-refractivity contribution is -0.193. The minimum absolute atomic E-state index is 0.143. The number of carbonyl (C=O) groups excluding carboxylic acids is 1. The zero-order chi connectivity index (χ0) is 13.3. The van der Waals surface area contributed by atoms with Crippen LogP contribution in [0, 0.1) is 0 Å². The summed E-state index contributed by atoms with van der Waals surface area (Å²) in [4.78, 5) is 12.1. The van der Waals surface area contributed by atoms with Gasteiger partial charge in [-0.1, -0.05) is 30.3 Å². The van der Waals surface area contributed by atoms with Crippen LogP contribution in [0.25, 0.3) is 0 Å². The van der Waals surface area contributed by atoms with Crippen LogP contribution in [0.3, 0.4) is 0 Å². The lowest BCUT2D eigenvalue weighted by Gasteiger charge is -2.24. The van der Waals surface area contributed by atoms with Crippen molar-refractivity contribution in [2.75, 3.05) is 6.61 Å². The first-order valence-electron chi connectivity index (χ1n) is 5.47. The Labute approximate surface area is 103 Å². The molecule has 1 fully saturated rings. The van der Waals surface area contributed by atoms with Gasteiger partial charge >= 0.3 is 0 Å². The molecule has 6 nitrogen and oxygen atoms in total. The lowest BCUT2D eigenvalue weighted by atomic mass is 9.97. The molecule has 0 amide bonds. The smallest absolute Gasteiger partial charge is 0.261 e. The Morgan fingerprint density at radius 2 is 1.89 bits per heavy atom. The zero-order valence-corrected chi connectivity index (χ0v) is 9.43. The van der Waals surface area contributed by atoms with E-state index in [1.807, 2.05) is 0 Å². The van der Waals surface area contributed by atoms with Crippen molar-refractivity contribution in [3.63, 3.8) is 0 Å². The van der Waals surface area contributed by atoms with Gasteiger partial charge in [0.15, 0.2) is 0 Å². The summed E-state index contributed by atoms with van der Waals surface area (Å²) in [6, 6.07) is 7.79. The molecule has 0 unspecified atom stereocenters. The van der Waals surface area contributed by atoms with Crippen molar-refractivity contribution in [2.45, 2.75) is 24.1 Å². The van der Waals surface area contributed by atoms with Crippen molar-refractivity contribution >= 4 is 5.78 Å². The molecule has 4 atom stereocenters. The number of hydrogen-bond acceptors (Lipinski definition) is 6. The Hall–Kier alpha value is -1.31. The van der Waals surface area contributed by atoms with Crippen LogP contribution in [0.15, 0.2) is 30.3 Å². The summed E-state index contributed by atoms with van der Waals surface area (Å²) >= 11 is 0. The fraction of sp³-hybridized carbons (Fsp3) is 0.417. The summed E-state index contributed by atoms with van der Waals surface area (Å²) in [5.41, 5.74) is 0.143. The molecule has 98 valence electrons. The summed E-state index contributed by atoms with van der Waals surface area (Å²) in [7, 11) is 0. The molecular weight excluding hydrogens is 240 g/mol. The number of ketones is 1. The largest absolute Gasteiger partial charge is 0.394 e. The minimum atomic E-state index is -2.53. The molecule has 1 aromatic carbocycles. The van der Waals surface area contributed by atoms with Crippen molar-refractivity contribution in [1.82, 2.24) is 0 Å². The third kappa shape index (κ3) is 1.94. The molecule has 0 radical (unpaired) electrons. The van der Waals surface area contributed by atoms with E-state index in [4.69, 9.17) is 9.84 Å². The summed E-state index contributed by atoms with van der Waals surface area (Å²) in [5, 5.41) is 38.2. The maximum atomic E-state index is 12.1. The molecule has 0 aromatic heterocycles. The highest BCUT2D eigenvalue weighted by atomic mass is 16.7. The number of aliphatic hydroxyl groups is 4. The maximum Gasteiger partial charge on any atom is 0.261 e. The van der Waals surface area contributed by atoms with Gasteiger partial charge in [0.2, 0.25) is 5.78 Å². The average Bonchev–Trinajstić information content (AvgIpc) is 2.64. The number of carbonyl (C=O) groups is 1. The topological polar surface area (TPSA) is 107 Å². The van der Waals surface area contributed by atoms with Gasteiger partial charge in [-0.05, 0) is 0 Å². The predicted octanol–water partition coefficient (Wildman–Crippen LogP) is -1.33. The molecule has 0 spiro atoms. The molecule has 4 N–H and O–H groups in total. The lowest BCUT2D eigenvalue weighted by Crippen LogP contribution is -2.49. The summed E-state index contributed by atoms with van der Waals surface area (Å²) in [6.45, 7) is -0.609. The standard InChI is InChI=1S/C12H14O6/c13-6-8-9(14)11(16)12(17,18-8)10(15)7-4-2-1-3-5-7/h1-5,8-9,11,13-14,16-17H,6H2/t8-,9-,11-,12+/m1/s1. The maximum absolute atomic E-state index is 12.1. The minimum Gasteiger partial charge on any atom is -0.394 e. The number of rotatable bonds is 3. The van der Waals surface area contributed by atoms with Crippen molar-refractivity contribution in [3.8, 4) is 0 Å². The summed E-state index contributed by atoms with van der Waals surface area (Å²) in [6.07, 6.45) is -4.52. The van der Waals surface area contributed by atoms with Crippen LogP contribution in [0.2, 0.25) is 0 Å². The molecule has 0 bridgehead atoms. The van der Waals surface area contributed by atoms with E-state index in [1.165, 1.54) is 12.1 Å². The fourth-order valence-electron chi connectivity index (χ4n) is 1.93. The zero-order valence-electron chi connectivity index (χ0n) is 9.43. The second kappa shape index (κ2) is 4.75. The van der Waals surface area contributed by atoms with Gasteiger partial charge < -0.3 is 25.2 Å². The van der Waals surface area contributed by atoms with Crippen molar-refractivity contribution in [2.24, 2.45) is 0 Å². The second-order valence-corrected chi connectivity index (χ2v) is 4.17. The molecule has 0 aliphatic carbocycles. The first kappa shape index (κ1) is 13.1. The van der Waals surface area contributed by atoms with Crippen molar-refractivity contribution < 1.29 is 30.0 Å². The Balaban J connectivity index is 2.30. The molecular formula is C12H14O6. The fourth-order valence-corrected chi connectivity index (χ4v) is 1.93. The van der Waals surface area contributed by atoms with E-state index in [0.29, 0.717) is 0 Å². The van der Waals surface area contributed by atoms with Gasteiger partial charge in [0.25, 0.3) is 5.79 Å². The Morgan fingerprint density at radius 3 is 2.39 bits per heavy atom. The van der Waals surface area contributed by atoms with Crippen LogP contribution in [-0.2, 0) is 4.74 Å². The highest BCUT2D eigenvalue weighted by Crippen LogP contribution is 2.32. The third-order valence-electron chi connectivity index (χ3n) is 2.98. The van der Waals surface area contributed by atoms with Gasteiger partial charge in [-0.2, -0.15) is 0 Å². The van der Waals surface area contributed by atoms with Crippen LogP contribution in [-0.4, -0.2) is 56.9 Å². The molecule has 1 aliphatic rings. The number of ether oxygens (including phenoxy) is 1. The van der Waals surface area contributed by atoms with E-state index in [-0.39, 0.29) is 5.56 Å². The number of hydrogen-bond donors (Lipinski definition) is 4. The van der Waals surface area contributed by atoms with E-state index >= 15 is 0 Å². The Bertz CT molecular complexity index is 433. The molecule has 0 saturated carbocycles. The normalized spacial score (nSPS) is 35.7.